The van der Waals surface area contributed by atoms with E-state index in [0.29, 0.717) is 12.0 Å². The average Bonchev–Trinajstić information content (AvgIpc) is 2.20. The largest absolute Gasteiger partial charge is 0.327 e. The van der Waals surface area contributed by atoms with Crippen LogP contribution in [0.2, 0.25) is 0 Å². The highest BCUT2D eigenvalue weighted by Crippen LogP contribution is 2.38. The first kappa shape index (κ1) is 10.2. The second kappa shape index (κ2) is 4.48. The number of allylic oxidation sites excluding steroid dienone is 1. The molecule has 4 atom stereocenters. The summed E-state index contributed by atoms with van der Waals surface area (Å²) in [5.74, 6) is 2.44. The third-order valence-corrected chi connectivity index (χ3v) is 4.19. The van der Waals surface area contributed by atoms with E-state index in [4.69, 9.17) is 5.73 Å². The minimum absolute atomic E-state index is 0.436. The van der Waals surface area contributed by atoms with E-state index in [9.17, 15) is 0 Å². The summed E-state index contributed by atoms with van der Waals surface area (Å²) in [6.07, 6.45) is 12.8. The molecule has 0 saturated heterocycles. The van der Waals surface area contributed by atoms with Crippen LogP contribution in [-0.2, 0) is 0 Å². The van der Waals surface area contributed by atoms with Crippen LogP contribution < -0.4 is 5.73 Å². The highest BCUT2D eigenvalue weighted by Gasteiger charge is 2.31. The first-order valence-electron chi connectivity index (χ1n) is 6.21. The summed E-state index contributed by atoms with van der Waals surface area (Å²) in [6, 6.07) is 0.436. The molecule has 1 nitrogen and oxygen atoms in total. The molecular formula is C13H23N. The Morgan fingerprint density at radius 1 is 1.14 bits per heavy atom. The topological polar surface area (TPSA) is 26.0 Å². The van der Waals surface area contributed by atoms with Gasteiger partial charge in [0, 0.05) is 6.04 Å². The van der Waals surface area contributed by atoms with Crippen molar-refractivity contribution in [3.05, 3.63) is 12.2 Å². The minimum atomic E-state index is 0.436. The van der Waals surface area contributed by atoms with Crippen molar-refractivity contribution in [2.24, 2.45) is 23.5 Å². The maximum atomic E-state index is 6.22. The molecule has 1 heteroatoms. The Morgan fingerprint density at radius 3 is 2.64 bits per heavy atom. The quantitative estimate of drug-likeness (QED) is 0.636. The van der Waals surface area contributed by atoms with Gasteiger partial charge in [-0.25, -0.2) is 0 Å². The molecule has 1 saturated carbocycles. The molecule has 4 unspecified atom stereocenters. The van der Waals surface area contributed by atoms with Crippen molar-refractivity contribution in [3.8, 4) is 0 Å². The molecule has 14 heavy (non-hydrogen) atoms. The lowest BCUT2D eigenvalue weighted by Crippen LogP contribution is -2.38. The lowest BCUT2D eigenvalue weighted by Gasteiger charge is -2.38. The Bertz CT molecular complexity index is 209. The van der Waals surface area contributed by atoms with Crippen LogP contribution in [0.15, 0.2) is 12.2 Å². The van der Waals surface area contributed by atoms with Crippen LogP contribution in [-0.4, -0.2) is 6.04 Å². The van der Waals surface area contributed by atoms with E-state index in [2.05, 4.69) is 19.1 Å². The molecule has 0 aliphatic heterocycles. The van der Waals surface area contributed by atoms with Crippen LogP contribution >= 0.6 is 0 Å². The van der Waals surface area contributed by atoms with E-state index in [-0.39, 0.29) is 0 Å². The zero-order valence-corrected chi connectivity index (χ0v) is 9.28. The lowest BCUT2D eigenvalue weighted by molar-refractivity contribution is 0.175. The van der Waals surface area contributed by atoms with Crippen molar-refractivity contribution in [2.75, 3.05) is 0 Å². The lowest BCUT2D eigenvalue weighted by atomic mass is 9.69. The van der Waals surface area contributed by atoms with Crippen molar-refractivity contribution in [1.29, 1.82) is 0 Å². The maximum Gasteiger partial charge on any atom is 0.0108 e. The van der Waals surface area contributed by atoms with Gasteiger partial charge in [0.15, 0.2) is 0 Å². The van der Waals surface area contributed by atoms with Crippen LogP contribution in [0.5, 0.6) is 0 Å². The standard InChI is InChI=1S/C13H23N/c1-10-6-2-3-7-11(10)12-8-4-5-9-13(12)14/h4,8,10-13H,2-3,5-7,9,14H2,1H3. The van der Waals surface area contributed by atoms with Crippen molar-refractivity contribution in [1.82, 2.24) is 0 Å². The summed E-state index contributed by atoms with van der Waals surface area (Å²) in [5, 5.41) is 0. The van der Waals surface area contributed by atoms with Gasteiger partial charge < -0.3 is 5.73 Å². The highest BCUT2D eigenvalue weighted by molar-refractivity contribution is 5.02. The second-order valence-electron chi connectivity index (χ2n) is 5.17. The number of hydrogen-bond acceptors (Lipinski definition) is 1. The van der Waals surface area contributed by atoms with Gasteiger partial charge in [-0.2, -0.15) is 0 Å². The van der Waals surface area contributed by atoms with Crippen molar-refractivity contribution in [3.63, 3.8) is 0 Å². The maximum absolute atomic E-state index is 6.22. The molecule has 80 valence electrons. The molecule has 0 heterocycles. The summed E-state index contributed by atoms with van der Waals surface area (Å²) in [5.41, 5.74) is 6.22. The molecule has 2 aliphatic carbocycles. The van der Waals surface area contributed by atoms with E-state index >= 15 is 0 Å². The van der Waals surface area contributed by atoms with Crippen LogP contribution in [0, 0.1) is 17.8 Å². The van der Waals surface area contributed by atoms with Gasteiger partial charge in [-0.15, -0.1) is 0 Å². The van der Waals surface area contributed by atoms with Crippen molar-refractivity contribution < 1.29 is 0 Å². The molecule has 0 bridgehead atoms. The SMILES string of the molecule is CC1CCCCC1C1C=CCCC1N. The van der Waals surface area contributed by atoms with E-state index in [1.165, 1.54) is 38.5 Å². The van der Waals surface area contributed by atoms with Gasteiger partial charge >= 0.3 is 0 Å². The third kappa shape index (κ3) is 2.03. The van der Waals surface area contributed by atoms with Gasteiger partial charge in [0.25, 0.3) is 0 Å². The normalized spacial score (nSPS) is 43.9. The molecule has 0 radical (unpaired) electrons. The van der Waals surface area contributed by atoms with Gasteiger partial charge in [-0.05, 0) is 37.0 Å². The Morgan fingerprint density at radius 2 is 1.93 bits per heavy atom. The summed E-state index contributed by atoms with van der Waals surface area (Å²) >= 11 is 0. The Balaban J connectivity index is 2.04. The van der Waals surface area contributed by atoms with Gasteiger partial charge in [0.2, 0.25) is 0 Å². The highest BCUT2D eigenvalue weighted by atomic mass is 14.7. The zero-order valence-electron chi connectivity index (χ0n) is 9.28. The number of hydrogen-bond donors (Lipinski definition) is 1. The monoisotopic (exact) mass is 193 g/mol. The molecule has 2 aliphatic rings. The smallest absolute Gasteiger partial charge is 0.0108 e. The molecule has 0 aromatic heterocycles. The summed E-state index contributed by atoms with van der Waals surface area (Å²) in [6.45, 7) is 2.42. The van der Waals surface area contributed by atoms with E-state index in [0.717, 1.165) is 11.8 Å². The molecule has 2 rings (SSSR count). The van der Waals surface area contributed by atoms with Gasteiger partial charge in [-0.1, -0.05) is 38.3 Å². The van der Waals surface area contributed by atoms with Crippen LogP contribution in [0.1, 0.15) is 45.4 Å². The molecule has 0 spiro atoms. The second-order valence-corrected chi connectivity index (χ2v) is 5.17. The molecule has 0 amide bonds. The van der Waals surface area contributed by atoms with Gasteiger partial charge in [-0.3, -0.25) is 0 Å². The molecule has 0 aromatic rings. The van der Waals surface area contributed by atoms with Crippen LogP contribution in [0.3, 0.4) is 0 Å². The van der Waals surface area contributed by atoms with Crippen LogP contribution in [0.4, 0.5) is 0 Å². The number of rotatable bonds is 1. The number of nitrogens with two attached hydrogens (primary N) is 1. The molecule has 1 fully saturated rings. The van der Waals surface area contributed by atoms with E-state index in [1.54, 1.807) is 0 Å². The minimum Gasteiger partial charge on any atom is -0.327 e. The zero-order chi connectivity index (χ0) is 9.97. The van der Waals surface area contributed by atoms with E-state index < -0.39 is 0 Å². The van der Waals surface area contributed by atoms with Crippen LogP contribution in [0.25, 0.3) is 0 Å². The fourth-order valence-electron chi connectivity index (χ4n) is 3.25. The van der Waals surface area contributed by atoms with Crippen molar-refractivity contribution >= 4 is 0 Å². The summed E-state index contributed by atoms with van der Waals surface area (Å²) < 4.78 is 0. The molecular weight excluding hydrogens is 170 g/mol. The Kier molecular flexibility index (Phi) is 3.27. The van der Waals surface area contributed by atoms with Gasteiger partial charge in [0.05, 0.1) is 0 Å². The van der Waals surface area contributed by atoms with Gasteiger partial charge in [0.1, 0.15) is 0 Å². The predicted molar refractivity (Wildman–Crippen MR) is 61.0 cm³/mol. The summed E-state index contributed by atoms with van der Waals surface area (Å²) in [7, 11) is 0. The first-order chi connectivity index (χ1) is 6.79. The summed E-state index contributed by atoms with van der Waals surface area (Å²) in [4.78, 5) is 0. The average molecular weight is 193 g/mol. The Labute approximate surface area is 87.8 Å². The molecule has 0 aromatic carbocycles. The third-order valence-electron chi connectivity index (χ3n) is 4.19. The molecule has 2 N–H and O–H groups in total. The Hall–Kier alpha value is -0.300. The predicted octanol–water partition coefficient (Wildman–Crippen LogP) is 3.11. The fourth-order valence-corrected chi connectivity index (χ4v) is 3.25. The van der Waals surface area contributed by atoms with Crippen molar-refractivity contribution in [2.45, 2.75) is 51.5 Å². The fraction of sp³-hybridized carbons (Fsp3) is 0.846. The first-order valence-corrected chi connectivity index (χ1v) is 6.21. The van der Waals surface area contributed by atoms with E-state index in [1.807, 2.05) is 0 Å².